The van der Waals surface area contributed by atoms with E-state index in [1.54, 1.807) is 19.1 Å². The molecule has 1 aliphatic rings. The Labute approximate surface area is 211 Å². The highest BCUT2D eigenvalue weighted by atomic mass is 35.5. The highest BCUT2D eigenvalue weighted by molar-refractivity contribution is 6.45. The van der Waals surface area contributed by atoms with Crippen molar-refractivity contribution in [2.24, 2.45) is 22.4 Å². The van der Waals surface area contributed by atoms with Gasteiger partial charge in [-0.2, -0.15) is 0 Å². The smallest absolute Gasteiger partial charge is 0.275 e. The van der Waals surface area contributed by atoms with Gasteiger partial charge < -0.3 is 27.0 Å². The minimum atomic E-state index is -0.343. The predicted molar refractivity (Wildman–Crippen MR) is 138 cm³/mol. The molecule has 0 aliphatic carbocycles. The molecule has 0 bridgehead atoms. The minimum Gasteiger partial charge on any atom is -0.404 e. The Morgan fingerprint density at radius 1 is 1.18 bits per heavy atom. The van der Waals surface area contributed by atoms with Crippen molar-refractivity contribution in [3.05, 3.63) is 57.0 Å². The first-order valence-electron chi connectivity index (χ1n) is 11.2. The van der Waals surface area contributed by atoms with Crippen LogP contribution in [0.5, 0.6) is 0 Å². The topological polar surface area (TPSA) is 126 Å². The number of rotatable bonds is 10. The molecule has 0 unspecified atom stereocenters. The number of carbonyl (C=O) groups excluding carboxylic acids is 2. The van der Waals surface area contributed by atoms with Crippen LogP contribution in [0.3, 0.4) is 0 Å². The quantitative estimate of drug-likeness (QED) is 0.361. The number of nitrogens with zero attached hydrogens (tertiary/aromatic N) is 2. The molecular weight excluding hydrogens is 475 g/mol. The van der Waals surface area contributed by atoms with Crippen LogP contribution in [0.15, 0.2) is 46.4 Å². The van der Waals surface area contributed by atoms with E-state index in [0.29, 0.717) is 41.1 Å². The number of hydrogen-bond acceptors (Lipinski definition) is 6. The number of nitrogens with one attached hydrogen (secondary N) is 2. The van der Waals surface area contributed by atoms with Gasteiger partial charge in [0.2, 0.25) is 5.91 Å². The number of allylic oxidation sites excluding steroid dienone is 1. The van der Waals surface area contributed by atoms with Crippen molar-refractivity contribution in [3.8, 4) is 0 Å². The molecule has 0 radical (unpaired) electrons. The second-order valence-corrected chi connectivity index (χ2v) is 9.34. The average molecular weight is 509 g/mol. The van der Waals surface area contributed by atoms with Crippen molar-refractivity contribution in [1.29, 1.82) is 0 Å². The van der Waals surface area contributed by atoms with E-state index in [-0.39, 0.29) is 23.4 Å². The number of amides is 2. The zero-order chi connectivity index (χ0) is 25.3. The predicted octanol–water partition coefficient (Wildman–Crippen LogP) is 2.95. The molecule has 0 aromatic heterocycles. The van der Waals surface area contributed by atoms with Gasteiger partial charge >= 0.3 is 0 Å². The minimum absolute atomic E-state index is 0.0533. The lowest BCUT2D eigenvalue weighted by Gasteiger charge is -2.29. The molecule has 2 rings (SSSR count). The maximum atomic E-state index is 13.1. The Morgan fingerprint density at radius 3 is 2.41 bits per heavy atom. The molecule has 1 heterocycles. The first-order valence-corrected chi connectivity index (χ1v) is 12.0. The maximum absolute atomic E-state index is 13.1. The summed E-state index contributed by atoms with van der Waals surface area (Å²) in [5.41, 5.74) is 13.8. The molecule has 8 nitrogen and oxygen atoms in total. The number of hydrogen-bond donors (Lipinski definition) is 4. The molecule has 6 N–H and O–H groups in total. The van der Waals surface area contributed by atoms with E-state index in [2.05, 4.69) is 20.5 Å². The van der Waals surface area contributed by atoms with Crippen LogP contribution in [0.4, 0.5) is 0 Å². The van der Waals surface area contributed by atoms with Gasteiger partial charge in [0.05, 0.1) is 16.6 Å². The van der Waals surface area contributed by atoms with Gasteiger partial charge in [0.25, 0.3) is 5.91 Å². The molecule has 34 heavy (non-hydrogen) atoms. The Morgan fingerprint density at radius 2 is 1.85 bits per heavy atom. The molecule has 0 spiro atoms. The Hall–Kier alpha value is -2.55. The summed E-state index contributed by atoms with van der Waals surface area (Å²) < 4.78 is 0. The van der Waals surface area contributed by atoms with Gasteiger partial charge in [0.15, 0.2) is 0 Å². The van der Waals surface area contributed by atoms with Crippen LogP contribution in [0.1, 0.15) is 39.2 Å². The van der Waals surface area contributed by atoms with Gasteiger partial charge in [0.1, 0.15) is 11.5 Å². The van der Waals surface area contributed by atoms with E-state index in [0.717, 1.165) is 37.1 Å². The van der Waals surface area contributed by atoms with Gasteiger partial charge in [-0.3, -0.25) is 14.6 Å². The maximum Gasteiger partial charge on any atom is 0.275 e. The van der Waals surface area contributed by atoms with Gasteiger partial charge in [-0.25, -0.2) is 0 Å². The normalized spacial score (nSPS) is 15.7. The number of piperidine rings is 1. The molecular formula is C24H34Cl2N6O2. The van der Waals surface area contributed by atoms with Crippen LogP contribution < -0.4 is 22.1 Å². The first-order chi connectivity index (χ1) is 16.1. The average Bonchev–Trinajstić information content (AvgIpc) is 2.81. The van der Waals surface area contributed by atoms with E-state index < -0.39 is 0 Å². The van der Waals surface area contributed by atoms with Gasteiger partial charge in [-0.05, 0) is 81.7 Å². The van der Waals surface area contributed by atoms with Crippen LogP contribution in [-0.4, -0.2) is 48.6 Å². The fraction of sp³-hybridized carbons (Fsp3) is 0.458. The highest BCUT2D eigenvalue weighted by Gasteiger charge is 2.23. The van der Waals surface area contributed by atoms with E-state index in [9.17, 15) is 9.59 Å². The summed E-state index contributed by atoms with van der Waals surface area (Å²) in [6, 6.07) is 5.38. The number of carbonyl (C=O) groups is 2. The Balaban J connectivity index is 2.00. The molecule has 1 aliphatic heterocycles. The number of likely N-dealkylation sites (tertiary alicyclic amines) is 1. The Bertz CT molecular complexity index is 978. The van der Waals surface area contributed by atoms with Gasteiger partial charge in [0, 0.05) is 19.0 Å². The lowest BCUT2D eigenvalue weighted by Crippen LogP contribution is -2.40. The third-order valence-corrected chi connectivity index (χ3v) is 6.45. The summed E-state index contributed by atoms with van der Waals surface area (Å²) >= 11 is 12.1. The molecule has 0 atom stereocenters. The summed E-state index contributed by atoms with van der Waals surface area (Å²) in [6.07, 6.45) is 2.88. The van der Waals surface area contributed by atoms with E-state index in [1.165, 1.54) is 6.20 Å². The third-order valence-electron chi connectivity index (χ3n) is 5.71. The van der Waals surface area contributed by atoms with Crippen LogP contribution in [0, 0.1) is 5.92 Å². The largest absolute Gasteiger partial charge is 0.404 e. The molecule has 0 saturated carbocycles. The van der Waals surface area contributed by atoms with Crippen molar-refractivity contribution in [3.63, 3.8) is 0 Å². The fourth-order valence-electron chi connectivity index (χ4n) is 3.56. The second-order valence-electron chi connectivity index (χ2n) is 8.53. The molecule has 1 fully saturated rings. The van der Waals surface area contributed by atoms with Crippen LogP contribution >= 0.6 is 23.2 Å². The van der Waals surface area contributed by atoms with Crippen LogP contribution in [0.2, 0.25) is 10.0 Å². The lowest BCUT2D eigenvalue weighted by atomic mass is 9.96. The third kappa shape index (κ3) is 8.34. The van der Waals surface area contributed by atoms with Crippen LogP contribution in [0.25, 0.3) is 0 Å². The molecule has 1 saturated heterocycles. The first kappa shape index (κ1) is 27.7. The molecule has 10 heteroatoms. The summed E-state index contributed by atoms with van der Waals surface area (Å²) in [5.74, 6) is -0.0443. The van der Waals surface area contributed by atoms with Crippen molar-refractivity contribution in [2.75, 3.05) is 26.2 Å². The number of benzene rings is 1. The number of primary amides is 1. The van der Waals surface area contributed by atoms with Gasteiger partial charge in [-0.1, -0.05) is 29.3 Å². The Kier molecular flexibility index (Phi) is 10.9. The van der Waals surface area contributed by atoms with Gasteiger partial charge in [-0.15, -0.1) is 0 Å². The summed E-state index contributed by atoms with van der Waals surface area (Å²) in [5, 5.41) is 7.12. The van der Waals surface area contributed by atoms with E-state index >= 15 is 0 Å². The monoisotopic (exact) mass is 508 g/mol. The number of aliphatic imine (C=N–C) groups is 1. The number of nitrogens with two attached hydrogens (primary N) is 2. The molecule has 1 aromatic carbocycles. The fourth-order valence-corrected chi connectivity index (χ4v) is 3.88. The van der Waals surface area contributed by atoms with E-state index in [4.69, 9.17) is 34.7 Å². The lowest BCUT2D eigenvalue weighted by molar-refractivity contribution is -0.123. The van der Waals surface area contributed by atoms with Crippen molar-refractivity contribution < 1.29 is 9.59 Å². The van der Waals surface area contributed by atoms with Crippen molar-refractivity contribution >= 4 is 40.7 Å². The molecule has 1 aromatic rings. The zero-order valence-corrected chi connectivity index (χ0v) is 21.5. The summed E-state index contributed by atoms with van der Waals surface area (Å²) in [6.45, 7) is 8.71. The summed E-state index contributed by atoms with van der Waals surface area (Å²) in [4.78, 5) is 31.1. The molecule has 2 amide bonds. The number of halogens is 2. The second kappa shape index (κ2) is 13.4. The zero-order valence-electron chi connectivity index (χ0n) is 20.0. The molecule has 186 valence electrons. The SMILES string of the molecule is CC(=CN)C(=NCCN1CCC(C(N)=O)CC1)C(=O)NC(NCc1ccc(Cl)c(Cl)c1)=C(C)C. The van der Waals surface area contributed by atoms with Crippen LogP contribution in [-0.2, 0) is 16.1 Å². The van der Waals surface area contributed by atoms with Crippen molar-refractivity contribution in [1.82, 2.24) is 15.5 Å². The standard InChI is InChI=1S/C24H34Cl2N6O2/c1-15(2)23(30-14-17-4-5-19(25)20(26)12-17)31-24(34)21(16(3)13-27)29-8-11-32-9-6-18(7-10-32)22(28)33/h4-5,12-13,18,30H,6-11,14,27H2,1-3H3,(H2,28,33)(H,31,34). The van der Waals surface area contributed by atoms with Crippen molar-refractivity contribution in [2.45, 2.75) is 40.2 Å². The highest BCUT2D eigenvalue weighted by Crippen LogP contribution is 2.22. The van der Waals surface area contributed by atoms with E-state index in [1.807, 2.05) is 19.9 Å². The summed E-state index contributed by atoms with van der Waals surface area (Å²) in [7, 11) is 0.